The van der Waals surface area contributed by atoms with Gasteiger partial charge in [0.15, 0.2) is 0 Å². The summed E-state index contributed by atoms with van der Waals surface area (Å²) in [4.78, 5) is 12.0. The Hall–Kier alpha value is -2.49. The Morgan fingerprint density at radius 2 is 1.91 bits per heavy atom. The summed E-state index contributed by atoms with van der Waals surface area (Å²) in [5.41, 5.74) is 2.95. The van der Waals surface area contributed by atoms with Crippen molar-refractivity contribution in [2.24, 2.45) is 0 Å². The van der Waals surface area contributed by atoms with E-state index in [2.05, 4.69) is 11.4 Å². The maximum atomic E-state index is 12.0. The molecule has 4 heteroatoms. The summed E-state index contributed by atoms with van der Waals surface area (Å²) in [6.07, 6.45) is 1.13. The van der Waals surface area contributed by atoms with Crippen molar-refractivity contribution < 1.29 is 14.3 Å². The van der Waals surface area contributed by atoms with Gasteiger partial charge in [-0.05, 0) is 42.7 Å². The Morgan fingerprint density at radius 3 is 2.59 bits per heavy atom. The summed E-state index contributed by atoms with van der Waals surface area (Å²) >= 11 is 0. The molecule has 2 aromatic rings. The van der Waals surface area contributed by atoms with Crippen molar-refractivity contribution in [1.82, 2.24) is 0 Å². The molecule has 0 bridgehead atoms. The number of anilines is 1. The minimum atomic E-state index is -0.0123. The van der Waals surface area contributed by atoms with Crippen LogP contribution in [0.2, 0.25) is 0 Å². The second kappa shape index (κ2) is 7.50. The molecule has 1 amide bonds. The lowest BCUT2D eigenvalue weighted by Crippen LogP contribution is -2.12. The zero-order valence-corrected chi connectivity index (χ0v) is 13.2. The number of hydrogen-bond donors (Lipinski definition) is 1. The molecule has 2 aromatic carbocycles. The van der Waals surface area contributed by atoms with E-state index in [1.165, 1.54) is 0 Å². The Bertz CT molecular complexity index is 653. The molecule has 0 spiro atoms. The van der Waals surface area contributed by atoms with Crippen LogP contribution in [0.1, 0.15) is 17.5 Å². The van der Waals surface area contributed by atoms with Gasteiger partial charge in [-0.3, -0.25) is 4.79 Å². The van der Waals surface area contributed by atoms with Crippen LogP contribution in [-0.4, -0.2) is 20.1 Å². The Balaban J connectivity index is 1.91. The van der Waals surface area contributed by atoms with Crippen molar-refractivity contribution in [1.29, 1.82) is 0 Å². The topological polar surface area (TPSA) is 47.6 Å². The average molecular weight is 299 g/mol. The van der Waals surface area contributed by atoms with E-state index >= 15 is 0 Å². The third-order valence-electron chi connectivity index (χ3n) is 3.45. The van der Waals surface area contributed by atoms with Gasteiger partial charge < -0.3 is 14.8 Å². The highest BCUT2D eigenvalue weighted by Crippen LogP contribution is 2.20. The molecule has 0 unspecified atom stereocenters. The lowest BCUT2D eigenvalue weighted by atomic mass is 10.1. The molecular formula is C18H21NO3. The fourth-order valence-electron chi connectivity index (χ4n) is 2.28. The van der Waals surface area contributed by atoms with Crippen LogP contribution in [-0.2, 0) is 11.2 Å². The van der Waals surface area contributed by atoms with E-state index in [1.807, 2.05) is 37.3 Å². The lowest BCUT2D eigenvalue weighted by Gasteiger charge is -2.09. The maximum absolute atomic E-state index is 12.0. The highest BCUT2D eigenvalue weighted by Gasteiger charge is 2.06. The maximum Gasteiger partial charge on any atom is 0.224 e. The highest BCUT2D eigenvalue weighted by molar-refractivity contribution is 5.91. The summed E-state index contributed by atoms with van der Waals surface area (Å²) in [5, 5.41) is 2.88. The molecule has 0 aliphatic carbocycles. The first-order valence-electron chi connectivity index (χ1n) is 7.20. The van der Waals surface area contributed by atoms with Crippen LogP contribution in [0.15, 0.2) is 42.5 Å². The first-order chi connectivity index (χ1) is 10.6. The second-order valence-electron chi connectivity index (χ2n) is 5.08. The predicted molar refractivity (Wildman–Crippen MR) is 87.7 cm³/mol. The number of nitrogens with one attached hydrogen (secondary N) is 1. The molecule has 0 heterocycles. The number of amides is 1. The van der Waals surface area contributed by atoms with Gasteiger partial charge in [0.2, 0.25) is 5.91 Å². The van der Waals surface area contributed by atoms with Crippen LogP contribution in [0.3, 0.4) is 0 Å². The van der Waals surface area contributed by atoms with E-state index in [9.17, 15) is 4.79 Å². The molecular weight excluding hydrogens is 278 g/mol. The van der Waals surface area contributed by atoms with Crippen molar-refractivity contribution in [3.05, 3.63) is 53.6 Å². The third kappa shape index (κ3) is 4.25. The van der Waals surface area contributed by atoms with E-state index in [1.54, 1.807) is 20.3 Å². The van der Waals surface area contributed by atoms with Crippen molar-refractivity contribution in [2.75, 3.05) is 19.5 Å². The fourth-order valence-corrected chi connectivity index (χ4v) is 2.28. The molecule has 0 atom stereocenters. The van der Waals surface area contributed by atoms with Crippen molar-refractivity contribution in [3.8, 4) is 11.5 Å². The molecule has 116 valence electrons. The van der Waals surface area contributed by atoms with Crippen LogP contribution in [0.5, 0.6) is 11.5 Å². The zero-order valence-electron chi connectivity index (χ0n) is 13.2. The second-order valence-corrected chi connectivity index (χ2v) is 5.08. The molecule has 0 aliphatic heterocycles. The smallest absolute Gasteiger partial charge is 0.224 e. The van der Waals surface area contributed by atoms with Crippen LogP contribution in [0.4, 0.5) is 5.69 Å². The average Bonchev–Trinajstić information content (AvgIpc) is 2.53. The number of carbonyl (C=O) groups excluding carboxylic acids is 1. The number of aryl methyl sites for hydroxylation is 2. The van der Waals surface area contributed by atoms with Crippen molar-refractivity contribution in [3.63, 3.8) is 0 Å². The summed E-state index contributed by atoms with van der Waals surface area (Å²) in [7, 11) is 3.26. The van der Waals surface area contributed by atoms with Gasteiger partial charge in [-0.25, -0.2) is 0 Å². The Labute approximate surface area is 131 Å². The molecule has 1 N–H and O–H groups in total. The molecule has 0 saturated heterocycles. The van der Waals surface area contributed by atoms with Crippen LogP contribution >= 0.6 is 0 Å². The molecule has 0 fully saturated rings. The van der Waals surface area contributed by atoms with Gasteiger partial charge in [0.05, 0.1) is 14.2 Å². The number of hydrogen-bond acceptors (Lipinski definition) is 3. The first kappa shape index (κ1) is 15.9. The molecule has 0 aromatic heterocycles. The minimum absolute atomic E-state index is 0.0123. The van der Waals surface area contributed by atoms with Gasteiger partial charge in [-0.2, -0.15) is 0 Å². The third-order valence-corrected chi connectivity index (χ3v) is 3.45. The van der Waals surface area contributed by atoms with Gasteiger partial charge in [0, 0.05) is 18.2 Å². The number of methoxy groups -OCH3 is 2. The SMILES string of the molecule is COc1cccc(NC(=O)CCc2ccc(OC)c(C)c2)c1. The number of benzene rings is 2. The number of carbonyl (C=O) groups is 1. The highest BCUT2D eigenvalue weighted by atomic mass is 16.5. The van der Waals surface area contributed by atoms with Gasteiger partial charge in [-0.1, -0.05) is 18.2 Å². The summed E-state index contributed by atoms with van der Waals surface area (Å²) in [5.74, 6) is 1.58. The Kier molecular flexibility index (Phi) is 5.42. The van der Waals surface area contributed by atoms with Crippen LogP contribution in [0, 0.1) is 6.92 Å². The molecule has 22 heavy (non-hydrogen) atoms. The van der Waals surface area contributed by atoms with Crippen LogP contribution in [0.25, 0.3) is 0 Å². The zero-order chi connectivity index (χ0) is 15.9. The molecule has 0 saturated carbocycles. The first-order valence-corrected chi connectivity index (χ1v) is 7.20. The van der Waals surface area contributed by atoms with E-state index in [0.29, 0.717) is 12.8 Å². The van der Waals surface area contributed by atoms with Gasteiger partial charge in [0.1, 0.15) is 11.5 Å². The largest absolute Gasteiger partial charge is 0.497 e. The summed E-state index contributed by atoms with van der Waals surface area (Å²) < 4.78 is 10.4. The van der Waals surface area contributed by atoms with E-state index in [-0.39, 0.29) is 5.91 Å². The standard InChI is InChI=1S/C18H21NO3/c1-13-11-14(7-9-17(13)22-3)8-10-18(20)19-15-5-4-6-16(12-15)21-2/h4-7,9,11-12H,8,10H2,1-3H3,(H,19,20). The minimum Gasteiger partial charge on any atom is -0.497 e. The van der Waals surface area contributed by atoms with Gasteiger partial charge in [-0.15, -0.1) is 0 Å². The monoisotopic (exact) mass is 299 g/mol. The van der Waals surface area contributed by atoms with Gasteiger partial charge >= 0.3 is 0 Å². The van der Waals surface area contributed by atoms with E-state index in [4.69, 9.17) is 9.47 Å². The fraction of sp³-hybridized carbons (Fsp3) is 0.278. The predicted octanol–water partition coefficient (Wildman–Crippen LogP) is 3.58. The molecule has 0 radical (unpaired) electrons. The van der Waals surface area contributed by atoms with Gasteiger partial charge in [0.25, 0.3) is 0 Å². The quantitative estimate of drug-likeness (QED) is 0.887. The lowest BCUT2D eigenvalue weighted by molar-refractivity contribution is -0.116. The molecule has 0 aliphatic rings. The molecule has 4 nitrogen and oxygen atoms in total. The van der Waals surface area contributed by atoms with Crippen LogP contribution < -0.4 is 14.8 Å². The summed E-state index contributed by atoms with van der Waals surface area (Å²) in [6.45, 7) is 2.00. The number of ether oxygens (including phenoxy) is 2. The van der Waals surface area contributed by atoms with E-state index in [0.717, 1.165) is 28.3 Å². The van der Waals surface area contributed by atoms with Crippen molar-refractivity contribution >= 4 is 11.6 Å². The van der Waals surface area contributed by atoms with Crippen molar-refractivity contribution in [2.45, 2.75) is 19.8 Å². The number of rotatable bonds is 6. The summed E-state index contributed by atoms with van der Waals surface area (Å²) in [6, 6.07) is 13.3. The Morgan fingerprint density at radius 1 is 1.09 bits per heavy atom. The normalized spacial score (nSPS) is 10.1. The molecule has 2 rings (SSSR count). The van der Waals surface area contributed by atoms with E-state index < -0.39 is 0 Å².